The van der Waals surface area contributed by atoms with Crippen LogP contribution >= 0.6 is 11.8 Å². The van der Waals surface area contributed by atoms with Gasteiger partial charge in [0.05, 0.1) is 11.3 Å². The molecule has 0 saturated heterocycles. The number of Topliss-reactive ketones (excluding diaryl/α,β-unsaturated/α-hetero) is 1. The van der Waals surface area contributed by atoms with Crippen molar-refractivity contribution in [1.82, 2.24) is 15.0 Å². The van der Waals surface area contributed by atoms with E-state index in [1.54, 1.807) is 12.4 Å². The van der Waals surface area contributed by atoms with Gasteiger partial charge in [0.25, 0.3) is 0 Å². The molecule has 0 bridgehead atoms. The van der Waals surface area contributed by atoms with Crippen molar-refractivity contribution in [3.8, 4) is 22.9 Å². The summed E-state index contributed by atoms with van der Waals surface area (Å²) in [5, 5.41) is 2.35. The SMILES string of the molecule is CSc1nccc(-c2cccnc2Oc2c(C)ccc3c(CC(=O)C4CCC(F)(F)C4)cccc23)n1. The first kappa shape index (κ1) is 24.3. The van der Waals surface area contributed by atoms with E-state index in [0.717, 1.165) is 27.5 Å². The molecule has 36 heavy (non-hydrogen) atoms. The van der Waals surface area contributed by atoms with E-state index < -0.39 is 11.8 Å². The standard InChI is InChI=1S/C28H25F2N3O2S/c1-17-8-9-20-18(15-24(34)19-10-12-28(29,30)16-19)5-3-6-21(20)25(17)35-26-22(7-4-13-31-26)23-11-14-32-27(33-23)36-2/h3-9,11,13-14,19H,10,12,15-16H2,1-2H3. The fourth-order valence-electron chi connectivity index (χ4n) is 4.70. The Morgan fingerprint density at radius 3 is 2.72 bits per heavy atom. The predicted molar refractivity (Wildman–Crippen MR) is 137 cm³/mol. The second-order valence-corrected chi connectivity index (χ2v) is 9.82. The van der Waals surface area contributed by atoms with Gasteiger partial charge in [-0.1, -0.05) is 42.1 Å². The number of benzene rings is 2. The second-order valence-electron chi connectivity index (χ2n) is 9.05. The first-order valence-electron chi connectivity index (χ1n) is 11.8. The Morgan fingerprint density at radius 1 is 1.08 bits per heavy atom. The van der Waals surface area contributed by atoms with E-state index in [2.05, 4.69) is 15.0 Å². The number of aryl methyl sites for hydroxylation is 1. The molecule has 2 heterocycles. The molecule has 2 aromatic carbocycles. The molecule has 1 aliphatic carbocycles. The summed E-state index contributed by atoms with van der Waals surface area (Å²) < 4.78 is 33.7. The predicted octanol–water partition coefficient (Wildman–Crippen LogP) is 7.06. The first-order valence-corrected chi connectivity index (χ1v) is 13.0. The van der Waals surface area contributed by atoms with Crippen molar-refractivity contribution in [1.29, 1.82) is 0 Å². The molecule has 8 heteroatoms. The van der Waals surface area contributed by atoms with Gasteiger partial charge in [0.2, 0.25) is 11.8 Å². The molecular formula is C28H25F2N3O2S. The lowest BCUT2D eigenvalue weighted by molar-refractivity contribution is -0.123. The molecule has 184 valence electrons. The lowest BCUT2D eigenvalue weighted by Crippen LogP contribution is -2.17. The highest BCUT2D eigenvalue weighted by Gasteiger charge is 2.42. The molecule has 1 fully saturated rings. The number of ketones is 1. The minimum atomic E-state index is -2.74. The largest absolute Gasteiger partial charge is 0.437 e. The third-order valence-corrected chi connectivity index (χ3v) is 7.15. The van der Waals surface area contributed by atoms with Crippen LogP contribution in [0.2, 0.25) is 0 Å². The molecule has 5 rings (SSSR count). The summed E-state index contributed by atoms with van der Waals surface area (Å²) >= 11 is 1.45. The Kier molecular flexibility index (Phi) is 6.71. The van der Waals surface area contributed by atoms with Crippen molar-refractivity contribution in [2.75, 3.05) is 6.26 Å². The van der Waals surface area contributed by atoms with E-state index in [1.165, 1.54) is 11.8 Å². The second kappa shape index (κ2) is 9.93. The number of fused-ring (bicyclic) bond motifs is 1. The number of rotatable bonds is 7. The smallest absolute Gasteiger partial charge is 0.248 e. The zero-order valence-electron chi connectivity index (χ0n) is 20.0. The molecule has 0 radical (unpaired) electrons. The third kappa shape index (κ3) is 4.95. The number of ether oxygens (including phenoxy) is 1. The molecule has 1 unspecified atom stereocenters. The van der Waals surface area contributed by atoms with Gasteiger partial charge in [0.15, 0.2) is 5.16 Å². The van der Waals surface area contributed by atoms with Crippen LogP contribution in [0.5, 0.6) is 11.6 Å². The maximum atomic E-state index is 13.7. The summed E-state index contributed by atoms with van der Waals surface area (Å²) in [7, 11) is 0. The van der Waals surface area contributed by atoms with E-state index in [-0.39, 0.29) is 31.5 Å². The van der Waals surface area contributed by atoms with Crippen LogP contribution in [0.25, 0.3) is 22.0 Å². The Hall–Kier alpha value is -3.39. The van der Waals surface area contributed by atoms with Crippen molar-refractivity contribution in [3.05, 3.63) is 72.1 Å². The number of aromatic nitrogens is 3. The van der Waals surface area contributed by atoms with E-state index in [0.29, 0.717) is 22.5 Å². The Labute approximate surface area is 212 Å². The average molecular weight is 506 g/mol. The Bertz CT molecular complexity index is 1440. The van der Waals surface area contributed by atoms with Gasteiger partial charge in [0.1, 0.15) is 11.5 Å². The van der Waals surface area contributed by atoms with Gasteiger partial charge in [-0.25, -0.2) is 23.7 Å². The maximum Gasteiger partial charge on any atom is 0.248 e. The molecular weight excluding hydrogens is 480 g/mol. The van der Waals surface area contributed by atoms with Crippen molar-refractivity contribution < 1.29 is 18.3 Å². The van der Waals surface area contributed by atoms with Crippen LogP contribution in [0.1, 0.15) is 30.4 Å². The molecule has 0 amide bonds. The summed E-state index contributed by atoms with van der Waals surface area (Å²) in [6, 6.07) is 15.1. The van der Waals surface area contributed by atoms with E-state index in [1.807, 2.05) is 61.7 Å². The van der Waals surface area contributed by atoms with Crippen molar-refractivity contribution in [2.45, 2.75) is 43.7 Å². The molecule has 5 nitrogen and oxygen atoms in total. The van der Waals surface area contributed by atoms with Crippen molar-refractivity contribution >= 4 is 28.3 Å². The van der Waals surface area contributed by atoms with Crippen LogP contribution in [-0.2, 0) is 11.2 Å². The van der Waals surface area contributed by atoms with Crippen LogP contribution < -0.4 is 4.74 Å². The van der Waals surface area contributed by atoms with Gasteiger partial charge < -0.3 is 4.74 Å². The minimum absolute atomic E-state index is 0.119. The summed E-state index contributed by atoms with van der Waals surface area (Å²) in [5.41, 5.74) is 3.15. The van der Waals surface area contributed by atoms with Gasteiger partial charge in [-0.15, -0.1) is 0 Å². The van der Waals surface area contributed by atoms with Gasteiger partial charge in [-0.05, 0) is 54.3 Å². The van der Waals surface area contributed by atoms with Crippen molar-refractivity contribution in [3.63, 3.8) is 0 Å². The Morgan fingerprint density at radius 2 is 1.94 bits per heavy atom. The number of thioether (sulfide) groups is 1. The van der Waals surface area contributed by atoms with Crippen molar-refractivity contribution in [2.24, 2.45) is 5.92 Å². The van der Waals surface area contributed by atoms with E-state index >= 15 is 0 Å². The number of hydrogen-bond acceptors (Lipinski definition) is 6. The number of nitrogens with zero attached hydrogens (tertiary/aromatic N) is 3. The molecule has 4 aromatic rings. The maximum absolute atomic E-state index is 13.7. The highest BCUT2D eigenvalue weighted by molar-refractivity contribution is 7.98. The summed E-state index contributed by atoms with van der Waals surface area (Å²) in [6.07, 6.45) is 5.08. The zero-order valence-corrected chi connectivity index (χ0v) is 20.8. The lowest BCUT2D eigenvalue weighted by Gasteiger charge is -2.16. The van der Waals surface area contributed by atoms with Crippen LogP contribution in [0.3, 0.4) is 0 Å². The number of carbonyl (C=O) groups is 1. The number of pyridine rings is 1. The minimum Gasteiger partial charge on any atom is -0.437 e. The highest BCUT2D eigenvalue weighted by atomic mass is 32.2. The zero-order chi connectivity index (χ0) is 25.3. The third-order valence-electron chi connectivity index (χ3n) is 6.58. The molecule has 0 N–H and O–H groups in total. The van der Waals surface area contributed by atoms with Gasteiger partial charge in [-0.3, -0.25) is 4.79 Å². The Balaban J connectivity index is 1.50. The van der Waals surface area contributed by atoms with E-state index in [4.69, 9.17) is 4.74 Å². The van der Waals surface area contributed by atoms with Gasteiger partial charge in [-0.2, -0.15) is 0 Å². The highest BCUT2D eigenvalue weighted by Crippen LogP contribution is 2.41. The number of alkyl halides is 2. The number of carbonyl (C=O) groups excluding carboxylic acids is 1. The molecule has 1 atom stereocenters. The average Bonchev–Trinajstić information content (AvgIpc) is 3.26. The quantitative estimate of drug-likeness (QED) is 0.198. The van der Waals surface area contributed by atoms with Crippen LogP contribution in [-0.4, -0.2) is 32.9 Å². The summed E-state index contributed by atoms with van der Waals surface area (Å²) in [5.74, 6) is -2.42. The topological polar surface area (TPSA) is 65.0 Å². The van der Waals surface area contributed by atoms with Gasteiger partial charge >= 0.3 is 0 Å². The lowest BCUT2D eigenvalue weighted by atomic mass is 9.93. The van der Waals surface area contributed by atoms with Gasteiger partial charge in [0, 0.05) is 43.0 Å². The van der Waals surface area contributed by atoms with E-state index in [9.17, 15) is 13.6 Å². The fourth-order valence-corrected chi connectivity index (χ4v) is 5.06. The molecule has 1 aliphatic rings. The molecule has 1 saturated carbocycles. The van der Waals surface area contributed by atoms with Crippen LogP contribution in [0.15, 0.2) is 66.1 Å². The molecule has 2 aromatic heterocycles. The molecule has 0 aliphatic heterocycles. The van der Waals surface area contributed by atoms with Crippen LogP contribution in [0, 0.1) is 12.8 Å². The monoisotopic (exact) mass is 505 g/mol. The number of halogens is 2. The summed E-state index contributed by atoms with van der Waals surface area (Å²) in [4.78, 5) is 26.2. The molecule has 0 spiro atoms. The fraction of sp³-hybridized carbons (Fsp3) is 0.286. The van der Waals surface area contributed by atoms with Crippen LogP contribution in [0.4, 0.5) is 8.78 Å². The first-order chi connectivity index (χ1) is 17.3. The summed E-state index contributed by atoms with van der Waals surface area (Å²) in [6.45, 7) is 1.95. The number of hydrogen-bond donors (Lipinski definition) is 0. The normalized spacial score (nSPS) is 16.8.